The predicted molar refractivity (Wildman–Crippen MR) is 118 cm³/mol. The number of halogens is 1. The zero-order valence-electron chi connectivity index (χ0n) is 16.4. The Bertz CT molecular complexity index is 1130. The molecule has 3 aromatic rings. The number of amides is 1. The van der Waals surface area contributed by atoms with Crippen LogP contribution in [0.3, 0.4) is 0 Å². The molecule has 0 bridgehead atoms. The Morgan fingerprint density at radius 2 is 2.13 bits per heavy atom. The van der Waals surface area contributed by atoms with Gasteiger partial charge in [-0.1, -0.05) is 47.4 Å². The summed E-state index contributed by atoms with van der Waals surface area (Å²) in [6.45, 7) is -0.0869. The number of carbonyl (C=O) groups excluding carboxylic acids is 1. The highest BCUT2D eigenvalue weighted by Crippen LogP contribution is 2.30. The van der Waals surface area contributed by atoms with E-state index in [1.807, 2.05) is 6.07 Å². The largest absolute Gasteiger partial charge is 0.493 e. The maximum atomic E-state index is 13.7. The summed E-state index contributed by atoms with van der Waals surface area (Å²) < 4.78 is 24.8. The van der Waals surface area contributed by atoms with Crippen molar-refractivity contribution in [3.05, 3.63) is 65.5 Å². The van der Waals surface area contributed by atoms with Gasteiger partial charge in [0.15, 0.2) is 22.4 Å². The van der Waals surface area contributed by atoms with Gasteiger partial charge in [0, 0.05) is 11.8 Å². The van der Waals surface area contributed by atoms with Crippen LogP contribution in [0.4, 0.5) is 9.52 Å². The molecule has 0 spiro atoms. The van der Waals surface area contributed by atoms with Crippen LogP contribution in [0.5, 0.6) is 11.5 Å². The first kappa shape index (κ1) is 22.3. The van der Waals surface area contributed by atoms with Crippen LogP contribution in [-0.2, 0) is 10.5 Å². The molecule has 0 saturated heterocycles. The van der Waals surface area contributed by atoms with Crippen molar-refractivity contribution in [1.29, 1.82) is 5.26 Å². The number of thioether (sulfide) groups is 1. The van der Waals surface area contributed by atoms with Crippen molar-refractivity contribution in [2.75, 3.05) is 19.0 Å². The van der Waals surface area contributed by atoms with Crippen LogP contribution in [0.2, 0.25) is 0 Å². The summed E-state index contributed by atoms with van der Waals surface area (Å²) in [6, 6.07) is 13.5. The van der Waals surface area contributed by atoms with Gasteiger partial charge < -0.3 is 9.47 Å². The van der Waals surface area contributed by atoms with Gasteiger partial charge in [-0.3, -0.25) is 10.1 Å². The quantitative estimate of drug-likeness (QED) is 0.287. The molecule has 0 unspecified atom stereocenters. The van der Waals surface area contributed by atoms with E-state index in [9.17, 15) is 9.18 Å². The first-order chi connectivity index (χ1) is 15.1. The second kappa shape index (κ2) is 11.1. The van der Waals surface area contributed by atoms with Crippen molar-refractivity contribution >= 4 is 40.2 Å². The SMILES string of the molecule is COc1cc(/C=C/C(=O)Nc2nnc(SCc3ccccc3F)s2)ccc1OCC#N. The molecule has 0 saturated carbocycles. The third kappa shape index (κ3) is 6.53. The van der Waals surface area contributed by atoms with E-state index in [4.69, 9.17) is 14.7 Å². The lowest BCUT2D eigenvalue weighted by atomic mass is 10.2. The molecule has 2 aromatic carbocycles. The van der Waals surface area contributed by atoms with Gasteiger partial charge in [0.2, 0.25) is 11.0 Å². The Balaban J connectivity index is 1.55. The lowest BCUT2D eigenvalue weighted by Gasteiger charge is -2.08. The fourth-order valence-corrected chi connectivity index (χ4v) is 4.15. The summed E-state index contributed by atoms with van der Waals surface area (Å²) in [7, 11) is 1.49. The Hall–Kier alpha value is -3.42. The highest BCUT2D eigenvalue weighted by molar-refractivity contribution is 8.00. The monoisotopic (exact) mass is 456 g/mol. The summed E-state index contributed by atoms with van der Waals surface area (Å²) in [5, 5.41) is 19.6. The number of methoxy groups -OCH3 is 1. The van der Waals surface area contributed by atoms with Crippen molar-refractivity contribution in [2.24, 2.45) is 0 Å². The minimum atomic E-state index is -0.370. The standard InChI is InChI=1S/C21H17FN4O3S2/c1-28-18-12-14(6-8-17(18)29-11-10-23)7-9-19(27)24-20-25-26-21(31-20)30-13-15-4-2-3-5-16(15)22/h2-9,12H,11,13H2,1H3,(H,24,25,27)/b9-7+. The lowest BCUT2D eigenvalue weighted by molar-refractivity contribution is -0.111. The maximum Gasteiger partial charge on any atom is 0.250 e. The molecule has 1 aromatic heterocycles. The number of anilines is 1. The molecular weight excluding hydrogens is 439 g/mol. The number of hydrogen-bond acceptors (Lipinski definition) is 8. The predicted octanol–water partition coefficient (Wildman–Crippen LogP) is 4.53. The molecule has 1 N–H and O–H groups in total. The van der Waals surface area contributed by atoms with Gasteiger partial charge in [-0.15, -0.1) is 10.2 Å². The van der Waals surface area contributed by atoms with E-state index in [-0.39, 0.29) is 18.3 Å². The van der Waals surface area contributed by atoms with Crippen molar-refractivity contribution in [2.45, 2.75) is 10.1 Å². The van der Waals surface area contributed by atoms with E-state index in [2.05, 4.69) is 15.5 Å². The van der Waals surface area contributed by atoms with Crippen molar-refractivity contribution in [1.82, 2.24) is 10.2 Å². The molecule has 158 valence electrons. The molecule has 10 heteroatoms. The number of nitriles is 1. The van der Waals surface area contributed by atoms with Crippen molar-refractivity contribution in [3.63, 3.8) is 0 Å². The van der Waals surface area contributed by atoms with Gasteiger partial charge in [0.25, 0.3) is 0 Å². The Kier molecular flexibility index (Phi) is 7.98. The fraction of sp³-hybridized carbons (Fsp3) is 0.143. The van der Waals surface area contributed by atoms with Gasteiger partial charge in [-0.2, -0.15) is 5.26 Å². The molecule has 0 atom stereocenters. The molecule has 0 aliphatic carbocycles. The molecule has 0 fully saturated rings. The summed E-state index contributed by atoms with van der Waals surface area (Å²) >= 11 is 2.56. The fourth-order valence-electron chi connectivity index (χ4n) is 2.41. The minimum absolute atomic E-state index is 0.0869. The third-order valence-corrected chi connectivity index (χ3v) is 5.87. The Morgan fingerprint density at radius 1 is 1.29 bits per heavy atom. The molecule has 3 rings (SSSR count). The second-order valence-electron chi connectivity index (χ2n) is 5.93. The average molecular weight is 457 g/mol. The second-order valence-corrected chi connectivity index (χ2v) is 8.13. The van der Waals surface area contributed by atoms with E-state index in [0.29, 0.717) is 32.3 Å². The highest BCUT2D eigenvalue weighted by atomic mass is 32.2. The van der Waals surface area contributed by atoms with Crippen LogP contribution in [-0.4, -0.2) is 29.8 Å². The van der Waals surface area contributed by atoms with E-state index in [0.717, 1.165) is 5.56 Å². The first-order valence-electron chi connectivity index (χ1n) is 8.95. The Labute approximate surface area is 186 Å². The van der Waals surface area contributed by atoms with E-state index in [1.54, 1.807) is 42.5 Å². The van der Waals surface area contributed by atoms with Crippen molar-refractivity contribution in [3.8, 4) is 17.6 Å². The van der Waals surface area contributed by atoms with Gasteiger partial charge in [0.05, 0.1) is 7.11 Å². The number of aromatic nitrogens is 2. The molecular formula is C21H17FN4O3S2. The number of carbonyl (C=O) groups is 1. The smallest absolute Gasteiger partial charge is 0.250 e. The highest BCUT2D eigenvalue weighted by Gasteiger charge is 2.09. The van der Waals surface area contributed by atoms with E-state index >= 15 is 0 Å². The third-order valence-electron chi connectivity index (χ3n) is 3.85. The van der Waals surface area contributed by atoms with Crippen LogP contribution < -0.4 is 14.8 Å². The van der Waals surface area contributed by atoms with Crippen LogP contribution >= 0.6 is 23.1 Å². The zero-order valence-corrected chi connectivity index (χ0v) is 18.0. The molecule has 0 aliphatic rings. The maximum absolute atomic E-state index is 13.7. The molecule has 1 heterocycles. The normalized spacial score (nSPS) is 10.6. The molecule has 0 aliphatic heterocycles. The number of hydrogen-bond donors (Lipinski definition) is 1. The number of benzene rings is 2. The van der Waals surface area contributed by atoms with Gasteiger partial charge in [-0.05, 0) is 35.4 Å². The molecule has 0 radical (unpaired) electrons. The zero-order chi connectivity index (χ0) is 22.1. The number of rotatable bonds is 9. The summed E-state index contributed by atoms with van der Waals surface area (Å²) in [5.74, 6) is 0.689. The average Bonchev–Trinajstić information content (AvgIpc) is 3.23. The van der Waals surface area contributed by atoms with Crippen LogP contribution in [0.15, 0.2) is 52.9 Å². The summed E-state index contributed by atoms with van der Waals surface area (Å²) in [5.41, 5.74) is 1.30. The summed E-state index contributed by atoms with van der Waals surface area (Å²) in [6.07, 6.45) is 2.97. The Morgan fingerprint density at radius 3 is 2.90 bits per heavy atom. The first-order valence-corrected chi connectivity index (χ1v) is 10.8. The van der Waals surface area contributed by atoms with Crippen LogP contribution in [0, 0.1) is 17.1 Å². The van der Waals surface area contributed by atoms with Gasteiger partial charge in [0.1, 0.15) is 11.9 Å². The van der Waals surface area contributed by atoms with E-state index in [1.165, 1.54) is 42.4 Å². The minimum Gasteiger partial charge on any atom is -0.493 e. The molecule has 7 nitrogen and oxygen atoms in total. The van der Waals surface area contributed by atoms with Gasteiger partial charge >= 0.3 is 0 Å². The topological polar surface area (TPSA) is 97.1 Å². The van der Waals surface area contributed by atoms with Gasteiger partial charge in [-0.25, -0.2) is 4.39 Å². The summed E-state index contributed by atoms with van der Waals surface area (Å²) in [4.78, 5) is 12.2. The number of nitrogens with zero attached hydrogens (tertiary/aromatic N) is 3. The van der Waals surface area contributed by atoms with Crippen molar-refractivity contribution < 1.29 is 18.7 Å². The van der Waals surface area contributed by atoms with Crippen LogP contribution in [0.25, 0.3) is 6.08 Å². The van der Waals surface area contributed by atoms with E-state index < -0.39 is 0 Å². The van der Waals surface area contributed by atoms with Crippen LogP contribution in [0.1, 0.15) is 11.1 Å². The number of nitrogens with one attached hydrogen (secondary N) is 1. The molecule has 31 heavy (non-hydrogen) atoms. The molecule has 1 amide bonds. The number of ether oxygens (including phenoxy) is 2. The lowest BCUT2D eigenvalue weighted by Crippen LogP contribution is -2.07.